The van der Waals surface area contributed by atoms with Gasteiger partial charge in [-0.15, -0.1) is 0 Å². The first-order chi connectivity index (χ1) is 12.1. The molecule has 0 spiro atoms. The number of rotatable bonds is 6. The van der Waals surface area contributed by atoms with E-state index in [2.05, 4.69) is 0 Å². The molecule has 5 heteroatoms. The van der Waals surface area contributed by atoms with Crippen LogP contribution in [0.3, 0.4) is 0 Å². The number of hydrogen-bond acceptors (Lipinski definition) is 4. The molecule has 124 valence electrons. The maximum absolute atomic E-state index is 12.1. The SMILES string of the molecule is O=C(COc1ccc(-c2ccccc2)cc1)c1ccc([N+](=O)[O-])cc1. The summed E-state index contributed by atoms with van der Waals surface area (Å²) in [6, 6.07) is 22.9. The third-order valence-corrected chi connectivity index (χ3v) is 3.73. The number of nitro benzene ring substituents is 1. The van der Waals surface area contributed by atoms with Crippen molar-refractivity contribution in [1.82, 2.24) is 0 Å². The molecule has 0 atom stereocenters. The van der Waals surface area contributed by atoms with E-state index in [4.69, 9.17) is 4.74 Å². The lowest BCUT2D eigenvalue weighted by Gasteiger charge is -2.07. The van der Waals surface area contributed by atoms with E-state index >= 15 is 0 Å². The first-order valence-electron chi connectivity index (χ1n) is 7.69. The van der Waals surface area contributed by atoms with E-state index in [1.165, 1.54) is 24.3 Å². The van der Waals surface area contributed by atoms with E-state index in [1.54, 1.807) is 0 Å². The maximum Gasteiger partial charge on any atom is 0.269 e. The van der Waals surface area contributed by atoms with Gasteiger partial charge < -0.3 is 4.74 Å². The number of Topliss-reactive ketones (excluding diaryl/α,β-unsaturated/α-hetero) is 1. The summed E-state index contributed by atoms with van der Waals surface area (Å²) in [6.45, 7) is -0.123. The Morgan fingerprint density at radius 2 is 1.44 bits per heavy atom. The fourth-order valence-corrected chi connectivity index (χ4v) is 2.38. The topological polar surface area (TPSA) is 69.4 Å². The van der Waals surface area contributed by atoms with Gasteiger partial charge in [0.25, 0.3) is 5.69 Å². The Balaban J connectivity index is 1.61. The van der Waals surface area contributed by atoms with Crippen molar-refractivity contribution in [3.05, 3.63) is 94.5 Å². The van der Waals surface area contributed by atoms with Crippen LogP contribution >= 0.6 is 0 Å². The highest BCUT2D eigenvalue weighted by Gasteiger charge is 2.10. The molecule has 0 aliphatic carbocycles. The van der Waals surface area contributed by atoms with Gasteiger partial charge in [0.05, 0.1) is 4.92 Å². The molecular formula is C20H15NO4. The first kappa shape index (κ1) is 16.4. The predicted molar refractivity (Wildman–Crippen MR) is 94.8 cm³/mol. The van der Waals surface area contributed by atoms with Gasteiger partial charge in [-0.25, -0.2) is 0 Å². The maximum atomic E-state index is 12.1. The summed E-state index contributed by atoms with van der Waals surface area (Å²) in [4.78, 5) is 22.2. The summed E-state index contributed by atoms with van der Waals surface area (Å²) in [5, 5.41) is 10.6. The van der Waals surface area contributed by atoms with E-state index in [1.807, 2.05) is 54.6 Å². The number of ether oxygens (including phenoxy) is 1. The van der Waals surface area contributed by atoms with Crippen LogP contribution in [0.1, 0.15) is 10.4 Å². The highest BCUT2D eigenvalue weighted by molar-refractivity contribution is 5.97. The summed E-state index contributed by atoms with van der Waals surface area (Å²) in [5.41, 5.74) is 2.51. The molecule has 25 heavy (non-hydrogen) atoms. The number of non-ortho nitro benzene ring substituents is 1. The molecule has 0 aromatic heterocycles. The van der Waals surface area contributed by atoms with E-state index in [0.29, 0.717) is 11.3 Å². The zero-order valence-electron chi connectivity index (χ0n) is 13.3. The van der Waals surface area contributed by atoms with Crippen molar-refractivity contribution in [2.24, 2.45) is 0 Å². The Bertz CT molecular complexity index is 872. The van der Waals surface area contributed by atoms with Crippen molar-refractivity contribution < 1.29 is 14.5 Å². The molecule has 0 aliphatic rings. The van der Waals surface area contributed by atoms with Gasteiger partial charge in [-0.3, -0.25) is 14.9 Å². The standard InChI is InChI=1S/C20H15NO4/c22-20(17-6-10-18(11-7-17)21(23)24)14-25-19-12-8-16(9-13-19)15-4-2-1-3-5-15/h1-13H,14H2. The zero-order chi connectivity index (χ0) is 17.6. The molecule has 0 saturated carbocycles. The van der Waals surface area contributed by atoms with Gasteiger partial charge in [0.1, 0.15) is 5.75 Å². The van der Waals surface area contributed by atoms with Crippen LogP contribution in [-0.2, 0) is 0 Å². The van der Waals surface area contributed by atoms with Crippen molar-refractivity contribution in [2.45, 2.75) is 0 Å². The van der Waals surface area contributed by atoms with Gasteiger partial charge in [-0.1, -0.05) is 42.5 Å². The second kappa shape index (κ2) is 7.40. The number of nitrogens with zero attached hydrogens (tertiary/aromatic N) is 1. The van der Waals surface area contributed by atoms with Gasteiger partial charge >= 0.3 is 0 Å². The van der Waals surface area contributed by atoms with Crippen molar-refractivity contribution in [2.75, 3.05) is 6.61 Å². The summed E-state index contributed by atoms with van der Waals surface area (Å²) < 4.78 is 5.51. The number of hydrogen-bond donors (Lipinski definition) is 0. The van der Waals surface area contributed by atoms with E-state index in [9.17, 15) is 14.9 Å². The summed E-state index contributed by atoms with van der Waals surface area (Å²) in [6.07, 6.45) is 0. The lowest BCUT2D eigenvalue weighted by Crippen LogP contribution is -2.11. The number of carbonyl (C=O) groups excluding carboxylic acids is 1. The Labute approximate surface area is 144 Å². The monoisotopic (exact) mass is 333 g/mol. The predicted octanol–water partition coefficient (Wildman–Crippen LogP) is 4.52. The number of benzene rings is 3. The van der Waals surface area contributed by atoms with Crippen LogP contribution in [0, 0.1) is 10.1 Å². The fraction of sp³-hybridized carbons (Fsp3) is 0.0500. The molecule has 3 rings (SSSR count). The van der Waals surface area contributed by atoms with Crippen molar-refractivity contribution in [3.63, 3.8) is 0 Å². The Hall–Kier alpha value is -3.47. The molecule has 0 bridgehead atoms. The van der Waals surface area contributed by atoms with Crippen molar-refractivity contribution >= 4 is 11.5 Å². The molecule has 0 saturated heterocycles. The minimum atomic E-state index is -0.501. The highest BCUT2D eigenvalue weighted by Crippen LogP contribution is 2.22. The number of nitro groups is 1. The second-order valence-electron chi connectivity index (χ2n) is 5.41. The minimum Gasteiger partial charge on any atom is -0.485 e. The molecule has 0 fully saturated rings. The van der Waals surface area contributed by atoms with Gasteiger partial charge in [-0.05, 0) is 35.4 Å². The third-order valence-electron chi connectivity index (χ3n) is 3.73. The van der Waals surface area contributed by atoms with E-state index in [-0.39, 0.29) is 18.1 Å². The largest absolute Gasteiger partial charge is 0.485 e. The molecule has 3 aromatic rings. The smallest absolute Gasteiger partial charge is 0.269 e. The average Bonchev–Trinajstić information content (AvgIpc) is 2.67. The molecule has 0 N–H and O–H groups in total. The molecular weight excluding hydrogens is 318 g/mol. The zero-order valence-corrected chi connectivity index (χ0v) is 13.3. The van der Waals surface area contributed by atoms with Crippen LogP contribution in [0.2, 0.25) is 0 Å². The summed E-state index contributed by atoms with van der Waals surface area (Å²) >= 11 is 0. The lowest BCUT2D eigenvalue weighted by atomic mass is 10.1. The van der Waals surface area contributed by atoms with E-state index < -0.39 is 4.92 Å². The van der Waals surface area contributed by atoms with E-state index in [0.717, 1.165) is 11.1 Å². The van der Waals surface area contributed by atoms with Crippen LogP contribution in [0.15, 0.2) is 78.9 Å². The Kier molecular flexibility index (Phi) is 4.85. The summed E-state index contributed by atoms with van der Waals surface area (Å²) in [7, 11) is 0. The Morgan fingerprint density at radius 3 is 2.04 bits per heavy atom. The fourth-order valence-electron chi connectivity index (χ4n) is 2.38. The van der Waals surface area contributed by atoms with Gasteiger partial charge in [0.15, 0.2) is 12.4 Å². The highest BCUT2D eigenvalue weighted by atomic mass is 16.6. The first-order valence-corrected chi connectivity index (χ1v) is 7.69. The molecule has 5 nitrogen and oxygen atoms in total. The van der Waals surface area contributed by atoms with Crippen LogP contribution in [0.5, 0.6) is 5.75 Å². The van der Waals surface area contributed by atoms with Gasteiger partial charge in [0, 0.05) is 17.7 Å². The molecule has 0 radical (unpaired) electrons. The van der Waals surface area contributed by atoms with Gasteiger partial charge in [-0.2, -0.15) is 0 Å². The molecule has 3 aromatic carbocycles. The lowest BCUT2D eigenvalue weighted by molar-refractivity contribution is -0.384. The van der Waals surface area contributed by atoms with Crippen LogP contribution in [0.25, 0.3) is 11.1 Å². The van der Waals surface area contributed by atoms with Crippen molar-refractivity contribution in [1.29, 1.82) is 0 Å². The van der Waals surface area contributed by atoms with Crippen LogP contribution in [-0.4, -0.2) is 17.3 Å². The van der Waals surface area contributed by atoms with Crippen LogP contribution < -0.4 is 4.74 Å². The normalized spacial score (nSPS) is 10.2. The average molecular weight is 333 g/mol. The van der Waals surface area contributed by atoms with Crippen LogP contribution in [0.4, 0.5) is 5.69 Å². The minimum absolute atomic E-state index is 0.0473. The van der Waals surface area contributed by atoms with Gasteiger partial charge in [0.2, 0.25) is 0 Å². The molecule has 0 unspecified atom stereocenters. The molecule has 0 heterocycles. The molecule has 0 amide bonds. The number of ketones is 1. The second-order valence-corrected chi connectivity index (χ2v) is 5.41. The number of carbonyl (C=O) groups is 1. The summed E-state index contributed by atoms with van der Waals surface area (Å²) in [5.74, 6) is 0.358. The molecule has 0 aliphatic heterocycles. The Morgan fingerprint density at radius 1 is 0.840 bits per heavy atom. The van der Waals surface area contributed by atoms with Crippen molar-refractivity contribution in [3.8, 4) is 16.9 Å². The third kappa shape index (κ3) is 4.09. The quantitative estimate of drug-likeness (QED) is 0.378.